The van der Waals surface area contributed by atoms with Gasteiger partial charge in [0.1, 0.15) is 5.75 Å². The van der Waals surface area contributed by atoms with Crippen LogP contribution in [0.3, 0.4) is 0 Å². The lowest BCUT2D eigenvalue weighted by Crippen LogP contribution is -2.08. The fourth-order valence-corrected chi connectivity index (χ4v) is 4.23. The van der Waals surface area contributed by atoms with Gasteiger partial charge in [0.05, 0.1) is 18.9 Å². The van der Waals surface area contributed by atoms with Crippen LogP contribution in [0.25, 0.3) is 6.08 Å². The van der Waals surface area contributed by atoms with E-state index in [0.717, 1.165) is 31.2 Å². The van der Waals surface area contributed by atoms with Gasteiger partial charge in [-0.1, -0.05) is 25.3 Å². The molecule has 1 rings (SSSR count). The largest absolute Gasteiger partial charge is 0.492 e. The Kier molecular flexibility index (Phi) is 11.6. The average Bonchev–Trinajstić information content (AvgIpc) is 2.60. The molecule has 0 aliphatic carbocycles. The number of hydrogen-bond acceptors (Lipinski definition) is 4. The highest BCUT2D eigenvalue weighted by Gasteiger charge is 2.23. The molecule has 0 saturated carbocycles. The third-order valence-corrected chi connectivity index (χ3v) is 6.25. The number of esters is 1. The predicted octanol–water partition coefficient (Wildman–Crippen LogP) is 5.82. The van der Waals surface area contributed by atoms with E-state index in [1.165, 1.54) is 13.0 Å². The molecule has 9 heteroatoms. The predicted molar refractivity (Wildman–Crippen MR) is 118 cm³/mol. The number of carbonyl (C=O) groups is 2. The van der Waals surface area contributed by atoms with Crippen LogP contribution in [0.2, 0.25) is 6.04 Å². The highest BCUT2D eigenvalue weighted by molar-refractivity contribution is 7.64. The highest BCUT2D eigenvalue weighted by atomic mass is 35.8. The number of anilines is 1. The van der Waals surface area contributed by atoms with Crippen molar-refractivity contribution in [3.8, 4) is 5.75 Å². The zero-order valence-electron chi connectivity index (χ0n) is 16.1. The minimum absolute atomic E-state index is 0.179. The molecule has 1 aromatic carbocycles. The Morgan fingerprint density at radius 1 is 1.14 bits per heavy atom. The Balaban J connectivity index is 2.41. The molecule has 0 aliphatic rings. The van der Waals surface area contributed by atoms with Gasteiger partial charge in [-0.25, -0.2) is 4.79 Å². The van der Waals surface area contributed by atoms with E-state index in [1.807, 2.05) is 6.92 Å². The van der Waals surface area contributed by atoms with Crippen LogP contribution >= 0.6 is 33.2 Å². The SMILES string of the molecule is CCOc1cc(/C=C/C(=O)OCCCCCC[Si](Cl)(Cl)Cl)ccc1NC(C)=O. The second-order valence-corrected chi connectivity index (χ2v) is 15.4. The lowest BCUT2D eigenvalue weighted by molar-refractivity contribution is -0.137. The van der Waals surface area contributed by atoms with Crippen LogP contribution in [-0.4, -0.2) is 31.1 Å². The minimum atomic E-state index is -2.52. The molecule has 0 aromatic heterocycles. The van der Waals surface area contributed by atoms with Crippen molar-refractivity contribution < 1.29 is 19.1 Å². The maximum absolute atomic E-state index is 11.8. The van der Waals surface area contributed by atoms with Gasteiger partial charge in [-0.15, -0.1) is 33.2 Å². The summed E-state index contributed by atoms with van der Waals surface area (Å²) in [5.41, 5.74) is 1.36. The summed E-state index contributed by atoms with van der Waals surface area (Å²) in [5, 5.41) is 2.71. The fraction of sp³-hybridized carbons (Fsp3) is 0.474. The molecular weight excluding hydrogens is 441 g/mol. The highest BCUT2D eigenvalue weighted by Crippen LogP contribution is 2.28. The molecule has 1 amide bonds. The van der Waals surface area contributed by atoms with Gasteiger partial charge in [0.25, 0.3) is 0 Å². The fourth-order valence-electron chi connectivity index (χ4n) is 2.38. The summed E-state index contributed by atoms with van der Waals surface area (Å²) in [7, 11) is 0. The van der Waals surface area contributed by atoms with Crippen molar-refractivity contribution in [2.45, 2.75) is 45.6 Å². The van der Waals surface area contributed by atoms with Gasteiger partial charge in [0, 0.05) is 13.0 Å². The van der Waals surface area contributed by atoms with E-state index in [4.69, 9.17) is 42.7 Å². The van der Waals surface area contributed by atoms with Crippen molar-refractivity contribution in [3.05, 3.63) is 29.8 Å². The monoisotopic (exact) mass is 465 g/mol. The summed E-state index contributed by atoms with van der Waals surface area (Å²) >= 11 is 17.5. The summed E-state index contributed by atoms with van der Waals surface area (Å²) in [6.45, 7) is 4.12. The van der Waals surface area contributed by atoms with E-state index < -0.39 is 12.0 Å². The first kappa shape index (κ1) is 24.8. The van der Waals surface area contributed by atoms with Gasteiger partial charge < -0.3 is 14.8 Å². The van der Waals surface area contributed by atoms with Gasteiger partial charge in [0.2, 0.25) is 5.91 Å². The Morgan fingerprint density at radius 2 is 1.86 bits per heavy atom. The standard InChI is InChI=1S/C19H26Cl3NO4Si/c1-3-26-18-14-16(8-10-17(18)23-15(2)24)9-11-19(25)27-12-6-4-5-7-13-28(20,21)22/h8-11,14H,3-7,12-13H2,1-2H3,(H,23,24)/b11-9+. The van der Waals surface area contributed by atoms with Crippen molar-refractivity contribution in [2.75, 3.05) is 18.5 Å². The molecule has 1 N–H and O–H groups in total. The maximum Gasteiger partial charge on any atom is 0.341 e. The van der Waals surface area contributed by atoms with Crippen LogP contribution in [-0.2, 0) is 14.3 Å². The normalized spacial score (nSPS) is 11.5. The van der Waals surface area contributed by atoms with Crippen LogP contribution in [0.4, 0.5) is 5.69 Å². The van der Waals surface area contributed by atoms with Gasteiger partial charge in [-0.2, -0.15) is 0 Å². The smallest absolute Gasteiger partial charge is 0.341 e. The summed E-state index contributed by atoms with van der Waals surface area (Å²) in [5.74, 6) is -0.0362. The molecule has 156 valence electrons. The van der Waals surface area contributed by atoms with Crippen molar-refractivity contribution in [1.29, 1.82) is 0 Å². The average molecular weight is 467 g/mol. The third kappa shape index (κ3) is 11.6. The van der Waals surface area contributed by atoms with Crippen LogP contribution in [0.5, 0.6) is 5.75 Å². The molecule has 0 radical (unpaired) electrons. The minimum Gasteiger partial charge on any atom is -0.492 e. The third-order valence-electron chi connectivity index (χ3n) is 3.63. The van der Waals surface area contributed by atoms with Crippen molar-refractivity contribution in [2.24, 2.45) is 0 Å². The second kappa shape index (κ2) is 13.1. The Morgan fingerprint density at radius 3 is 2.50 bits per heavy atom. The molecule has 0 saturated heterocycles. The van der Waals surface area contributed by atoms with Crippen LogP contribution in [0.1, 0.15) is 45.1 Å². The number of halogens is 3. The van der Waals surface area contributed by atoms with Gasteiger partial charge >= 0.3 is 12.0 Å². The Labute approximate surface area is 181 Å². The summed E-state index contributed by atoms with van der Waals surface area (Å²) in [6.07, 6.45) is 6.56. The number of unbranched alkanes of at least 4 members (excludes halogenated alkanes) is 3. The van der Waals surface area contributed by atoms with Crippen molar-refractivity contribution in [3.63, 3.8) is 0 Å². The zero-order chi connectivity index (χ0) is 21.0. The van der Waals surface area contributed by atoms with E-state index in [9.17, 15) is 9.59 Å². The van der Waals surface area contributed by atoms with Crippen LogP contribution < -0.4 is 10.1 Å². The molecule has 0 bridgehead atoms. The molecule has 28 heavy (non-hydrogen) atoms. The molecule has 0 aliphatic heterocycles. The molecule has 1 aromatic rings. The molecule has 0 heterocycles. The van der Waals surface area contributed by atoms with Crippen LogP contribution in [0.15, 0.2) is 24.3 Å². The number of hydrogen-bond donors (Lipinski definition) is 1. The van der Waals surface area contributed by atoms with Crippen LogP contribution in [0, 0.1) is 0 Å². The Bertz CT molecular complexity index is 678. The number of ether oxygens (including phenoxy) is 2. The number of benzene rings is 1. The number of carbonyl (C=O) groups excluding carboxylic acids is 2. The molecule has 0 atom stereocenters. The zero-order valence-corrected chi connectivity index (χ0v) is 19.4. The molecule has 5 nitrogen and oxygen atoms in total. The van der Waals surface area contributed by atoms with Crippen molar-refractivity contribution in [1.82, 2.24) is 0 Å². The van der Waals surface area contributed by atoms with E-state index in [1.54, 1.807) is 24.3 Å². The van der Waals surface area contributed by atoms with E-state index in [2.05, 4.69) is 5.32 Å². The lowest BCUT2D eigenvalue weighted by atomic mass is 10.1. The summed E-state index contributed by atoms with van der Waals surface area (Å²) in [6, 6.07) is 3.42. The van der Waals surface area contributed by atoms with E-state index >= 15 is 0 Å². The topological polar surface area (TPSA) is 64.6 Å². The van der Waals surface area contributed by atoms with E-state index in [-0.39, 0.29) is 5.91 Å². The van der Waals surface area contributed by atoms with E-state index in [0.29, 0.717) is 30.7 Å². The summed E-state index contributed by atoms with van der Waals surface area (Å²) < 4.78 is 10.7. The van der Waals surface area contributed by atoms with Gasteiger partial charge in [0.15, 0.2) is 0 Å². The lowest BCUT2D eigenvalue weighted by Gasteiger charge is -2.11. The molecule has 0 spiro atoms. The maximum atomic E-state index is 11.8. The number of rotatable bonds is 12. The van der Waals surface area contributed by atoms with Gasteiger partial charge in [-0.3, -0.25) is 4.79 Å². The molecular formula is C19H26Cl3NO4Si. The Hall–Kier alpha value is -1.21. The van der Waals surface area contributed by atoms with Crippen molar-refractivity contribution >= 4 is 62.9 Å². The quantitative estimate of drug-likeness (QED) is 0.139. The first-order valence-electron chi connectivity index (χ1n) is 9.17. The number of nitrogens with one attached hydrogen (secondary N) is 1. The van der Waals surface area contributed by atoms with Gasteiger partial charge in [-0.05, 0) is 43.2 Å². The molecule has 0 fully saturated rings. The number of amides is 1. The first-order valence-corrected chi connectivity index (χ1v) is 14.4. The second-order valence-electron chi connectivity index (χ2n) is 6.15. The first-order chi connectivity index (χ1) is 13.2. The summed E-state index contributed by atoms with van der Waals surface area (Å²) in [4.78, 5) is 23.1. The molecule has 0 unspecified atom stereocenters.